The van der Waals surface area contributed by atoms with Crippen molar-refractivity contribution in [2.75, 3.05) is 4.90 Å². The Hall–Kier alpha value is -3.09. The van der Waals surface area contributed by atoms with Crippen LogP contribution in [0.5, 0.6) is 0 Å². The lowest BCUT2D eigenvalue weighted by molar-refractivity contribution is -0.384. The maximum atomic E-state index is 11.2. The van der Waals surface area contributed by atoms with Crippen LogP contribution < -0.4 is 4.90 Å². The maximum Gasteiger partial charge on any atom is 0.311 e. The maximum absolute atomic E-state index is 11.2. The Morgan fingerprint density at radius 2 is 1.68 bits per heavy atom. The van der Waals surface area contributed by atoms with E-state index in [-0.39, 0.29) is 11.5 Å². The average molecular weight is 299 g/mol. The molecule has 0 spiro atoms. The number of nitrogens with zero attached hydrogens (tertiary/aromatic N) is 3. The highest BCUT2D eigenvalue weighted by Crippen LogP contribution is 2.28. The van der Waals surface area contributed by atoms with Crippen LogP contribution in [0.25, 0.3) is 0 Å². The van der Waals surface area contributed by atoms with Crippen molar-refractivity contribution in [1.29, 1.82) is 0 Å². The smallest absolute Gasteiger partial charge is 0.311 e. The number of rotatable bonds is 6. The van der Waals surface area contributed by atoms with E-state index >= 15 is 0 Å². The monoisotopic (exact) mass is 299 g/mol. The molecular weight excluding hydrogens is 286 g/mol. The third kappa shape index (κ3) is 2.98. The number of nitro groups is 1. The Labute approximate surface area is 125 Å². The summed E-state index contributed by atoms with van der Waals surface area (Å²) in [5.41, 5.74) is -0.0550. The minimum absolute atomic E-state index is 0.0550. The number of hydrogen-bond acceptors (Lipinski definition) is 6. The number of hydrogen-bond donors (Lipinski definition) is 0. The van der Waals surface area contributed by atoms with Gasteiger partial charge in [-0.2, -0.15) is 0 Å². The molecule has 3 aromatic rings. The van der Waals surface area contributed by atoms with Gasteiger partial charge >= 0.3 is 5.69 Å². The first-order chi connectivity index (χ1) is 10.7. The Morgan fingerprint density at radius 3 is 2.18 bits per heavy atom. The topological polar surface area (TPSA) is 85.5 Å². The molecule has 22 heavy (non-hydrogen) atoms. The predicted molar refractivity (Wildman–Crippen MR) is 78.2 cm³/mol. The Balaban J connectivity index is 1.95. The summed E-state index contributed by atoms with van der Waals surface area (Å²) >= 11 is 0. The first kappa shape index (κ1) is 13.9. The van der Waals surface area contributed by atoms with E-state index in [4.69, 9.17) is 8.83 Å². The fourth-order valence-electron chi connectivity index (χ4n) is 2.16. The summed E-state index contributed by atoms with van der Waals surface area (Å²) in [6.07, 6.45) is 4.65. The van der Waals surface area contributed by atoms with Crippen molar-refractivity contribution < 1.29 is 13.8 Å². The third-order valence-electron chi connectivity index (χ3n) is 3.12. The van der Waals surface area contributed by atoms with Gasteiger partial charge < -0.3 is 13.7 Å². The molecule has 0 atom stereocenters. The SMILES string of the molecule is O=[N+]([O-])c1cccnc1N(Cc1ccco1)Cc1ccco1. The van der Waals surface area contributed by atoms with E-state index in [0.29, 0.717) is 24.6 Å². The molecule has 0 unspecified atom stereocenters. The Morgan fingerprint density at radius 1 is 1.05 bits per heavy atom. The Bertz CT molecular complexity index is 702. The molecule has 0 aliphatic heterocycles. The predicted octanol–water partition coefficient (Wildman–Crippen LogP) is 3.38. The standard InChI is InChI=1S/C15H13N3O4/c19-18(20)14-6-1-7-16-15(14)17(10-12-4-2-8-21-12)11-13-5-3-9-22-13/h1-9H,10-11H2. The molecule has 0 saturated carbocycles. The quantitative estimate of drug-likeness (QED) is 0.512. The zero-order chi connectivity index (χ0) is 15.4. The van der Waals surface area contributed by atoms with E-state index < -0.39 is 4.92 Å². The third-order valence-corrected chi connectivity index (χ3v) is 3.12. The highest BCUT2D eigenvalue weighted by atomic mass is 16.6. The molecule has 0 N–H and O–H groups in total. The molecule has 3 rings (SSSR count). The fraction of sp³-hybridized carbons (Fsp3) is 0.133. The van der Waals surface area contributed by atoms with Crippen LogP contribution in [-0.4, -0.2) is 9.91 Å². The molecule has 112 valence electrons. The van der Waals surface area contributed by atoms with Crippen molar-refractivity contribution in [2.24, 2.45) is 0 Å². The lowest BCUT2D eigenvalue weighted by atomic mass is 10.3. The molecule has 0 radical (unpaired) electrons. The van der Waals surface area contributed by atoms with Crippen molar-refractivity contribution in [3.63, 3.8) is 0 Å². The number of furan rings is 2. The van der Waals surface area contributed by atoms with Crippen LogP contribution in [0, 0.1) is 10.1 Å². The van der Waals surface area contributed by atoms with Gasteiger partial charge in [-0.05, 0) is 30.3 Å². The van der Waals surface area contributed by atoms with Crippen LogP contribution in [0.3, 0.4) is 0 Å². The van der Waals surface area contributed by atoms with Crippen molar-refractivity contribution in [3.8, 4) is 0 Å². The highest BCUT2D eigenvalue weighted by molar-refractivity contribution is 5.57. The molecule has 0 aromatic carbocycles. The lowest BCUT2D eigenvalue weighted by Crippen LogP contribution is -2.23. The van der Waals surface area contributed by atoms with Gasteiger partial charge in [0.25, 0.3) is 0 Å². The van der Waals surface area contributed by atoms with Gasteiger partial charge in [-0.3, -0.25) is 10.1 Å². The highest BCUT2D eigenvalue weighted by Gasteiger charge is 2.22. The molecular formula is C15H13N3O4. The zero-order valence-corrected chi connectivity index (χ0v) is 11.6. The molecule has 0 amide bonds. The van der Waals surface area contributed by atoms with Crippen molar-refractivity contribution in [2.45, 2.75) is 13.1 Å². The summed E-state index contributed by atoms with van der Waals surface area (Å²) in [4.78, 5) is 16.7. The second-order valence-electron chi connectivity index (χ2n) is 4.62. The van der Waals surface area contributed by atoms with Crippen LogP contribution in [-0.2, 0) is 13.1 Å². The van der Waals surface area contributed by atoms with Crippen LogP contribution >= 0.6 is 0 Å². The van der Waals surface area contributed by atoms with Gasteiger partial charge in [0.1, 0.15) is 11.5 Å². The second-order valence-corrected chi connectivity index (χ2v) is 4.62. The number of anilines is 1. The number of aromatic nitrogens is 1. The van der Waals surface area contributed by atoms with E-state index in [0.717, 1.165) is 0 Å². The fourth-order valence-corrected chi connectivity index (χ4v) is 2.16. The lowest BCUT2D eigenvalue weighted by Gasteiger charge is -2.21. The number of pyridine rings is 1. The summed E-state index contributed by atoms with van der Waals surface area (Å²) in [7, 11) is 0. The van der Waals surface area contributed by atoms with Crippen molar-refractivity contribution in [1.82, 2.24) is 4.98 Å². The van der Waals surface area contributed by atoms with Crippen LogP contribution in [0.15, 0.2) is 64.0 Å². The van der Waals surface area contributed by atoms with E-state index in [1.807, 2.05) is 12.1 Å². The summed E-state index contributed by atoms with van der Waals surface area (Å²) in [6, 6.07) is 10.1. The molecule has 7 nitrogen and oxygen atoms in total. The first-order valence-corrected chi connectivity index (χ1v) is 6.63. The minimum atomic E-state index is -0.445. The van der Waals surface area contributed by atoms with E-state index in [2.05, 4.69) is 4.98 Å². The molecule has 3 heterocycles. The van der Waals surface area contributed by atoms with E-state index in [1.54, 1.807) is 35.6 Å². The molecule has 0 aliphatic carbocycles. The van der Waals surface area contributed by atoms with Gasteiger partial charge in [0.15, 0.2) is 0 Å². The Kier molecular flexibility index (Phi) is 3.86. The van der Waals surface area contributed by atoms with Crippen molar-refractivity contribution >= 4 is 11.5 Å². The largest absolute Gasteiger partial charge is 0.467 e. The van der Waals surface area contributed by atoms with Gasteiger partial charge in [0.05, 0.1) is 30.5 Å². The van der Waals surface area contributed by atoms with Crippen LogP contribution in [0.1, 0.15) is 11.5 Å². The molecule has 0 fully saturated rings. The first-order valence-electron chi connectivity index (χ1n) is 6.63. The summed E-state index contributed by atoms with van der Waals surface area (Å²) in [5.74, 6) is 1.65. The molecule has 3 aromatic heterocycles. The summed E-state index contributed by atoms with van der Waals surface area (Å²) in [5, 5.41) is 11.2. The van der Waals surface area contributed by atoms with Crippen LogP contribution in [0.4, 0.5) is 11.5 Å². The molecule has 0 bridgehead atoms. The summed E-state index contributed by atoms with van der Waals surface area (Å²) in [6.45, 7) is 0.705. The molecule has 0 aliphatic rings. The minimum Gasteiger partial charge on any atom is -0.467 e. The van der Waals surface area contributed by atoms with E-state index in [1.165, 1.54) is 12.3 Å². The van der Waals surface area contributed by atoms with Crippen LogP contribution in [0.2, 0.25) is 0 Å². The van der Waals surface area contributed by atoms with Gasteiger partial charge in [0.2, 0.25) is 5.82 Å². The molecule has 7 heteroatoms. The van der Waals surface area contributed by atoms with Gasteiger partial charge in [-0.15, -0.1) is 0 Å². The molecule has 0 saturated heterocycles. The second kappa shape index (κ2) is 6.13. The van der Waals surface area contributed by atoms with Gasteiger partial charge in [-0.25, -0.2) is 4.98 Å². The van der Waals surface area contributed by atoms with Crippen molar-refractivity contribution in [3.05, 3.63) is 76.8 Å². The van der Waals surface area contributed by atoms with Gasteiger partial charge in [-0.1, -0.05) is 0 Å². The summed E-state index contributed by atoms with van der Waals surface area (Å²) < 4.78 is 10.7. The average Bonchev–Trinajstić information content (AvgIpc) is 3.20. The zero-order valence-electron chi connectivity index (χ0n) is 11.6. The van der Waals surface area contributed by atoms with E-state index in [9.17, 15) is 10.1 Å². The normalized spacial score (nSPS) is 10.5. The van der Waals surface area contributed by atoms with Gasteiger partial charge in [0, 0.05) is 12.3 Å².